The van der Waals surface area contributed by atoms with E-state index in [4.69, 9.17) is 22.1 Å². The van der Waals surface area contributed by atoms with Gasteiger partial charge in [-0.15, -0.1) is 0 Å². The second kappa shape index (κ2) is 6.01. The molecule has 0 aliphatic carbocycles. The molecule has 2 aromatic carbocycles. The van der Waals surface area contributed by atoms with E-state index in [-0.39, 0.29) is 22.7 Å². The molecule has 0 fully saturated rings. The number of benzene rings is 2. The Morgan fingerprint density at radius 3 is 2.62 bits per heavy atom. The van der Waals surface area contributed by atoms with E-state index in [1.807, 2.05) is 6.92 Å². The lowest BCUT2D eigenvalue weighted by Gasteiger charge is -2.12. The molecule has 2 rings (SSSR count). The number of ether oxygens (including phenoxy) is 2. The zero-order valence-electron chi connectivity index (χ0n) is 11.4. The fraction of sp³-hybridized carbons (Fsp3) is 0.133. The van der Waals surface area contributed by atoms with Crippen LogP contribution in [0.15, 0.2) is 30.3 Å². The quantitative estimate of drug-likeness (QED) is 0.689. The van der Waals surface area contributed by atoms with Crippen LogP contribution < -0.4 is 10.5 Å². The standard InChI is InChI=1S/C15H13ClFNO3/c1-8-3-4-10(16)13(5-8)21-14-6-9(15(19)20-2)12(18)7-11(14)17/h3-7H,18H2,1-2H3. The lowest BCUT2D eigenvalue weighted by molar-refractivity contribution is 0.0601. The van der Waals surface area contributed by atoms with Gasteiger partial charge in [0.1, 0.15) is 5.75 Å². The first-order valence-corrected chi connectivity index (χ1v) is 6.41. The molecule has 0 saturated heterocycles. The van der Waals surface area contributed by atoms with Gasteiger partial charge in [0.2, 0.25) is 0 Å². The van der Waals surface area contributed by atoms with Gasteiger partial charge in [0, 0.05) is 17.8 Å². The van der Waals surface area contributed by atoms with Crippen LogP contribution >= 0.6 is 11.6 Å². The lowest BCUT2D eigenvalue weighted by atomic mass is 10.1. The summed E-state index contributed by atoms with van der Waals surface area (Å²) in [6, 6.07) is 7.30. The maximum absolute atomic E-state index is 13.9. The number of nitrogens with two attached hydrogens (primary N) is 1. The molecule has 0 heterocycles. The highest BCUT2D eigenvalue weighted by atomic mass is 35.5. The van der Waals surface area contributed by atoms with Crippen LogP contribution in [0.25, 0.3) is 0 Å². The molecule has 2 N–H and O–H groups in total. The molecule has 6 heteroatoms. The van der Waals surface area contributed by atoms with Gasteiger partial charge in [-0.2, -0.15) is 0 Å². The number of carbonyl (C=O) groups excluding carboxylic acids is 1. The third kappa shape index (κ3) is 3.25. The molecule has 0 saturated carbocycles. The summed E-state index contributed by atoms with van der Waals surface area (Å²) in [6.45, 7) is 1.85. The Kier molecular flexibility index (Phi) is 4.33. The van der Waals surface area contributed by atoms with E-state index < -0.39 is 11.8 Å². The number of anilines is 1. The zero-order valence-corrected chi connectivity index (χ0v) is 12.2. The summed E-state index contributed by atoms with van der Waals surface area (Å²) in [5.74, 6) is -1.24. The first-order chi connectivity index (χ1) is 9.92. The van der Waals surface area contributed by atoms with E-state index in [0.29, 0.717) is 5.02 Å². The van der Waals surface area contributed by atoms with Crippen LogP contribution in [0.5, 0.6) is 11.5 Å². The first kappa shape index (κ1) is 15.1. The minimum Gasteiger partial charge on any atom is -0.465 e. The van der Waals surface area contributed by atoms with Crippen LogP contribution in [-0.4, -0.2) is 13.1 Å². The van der Waals surface area contributed by atoms with E-state index >= 15 is 0 Å². The molecular formula is C15H13ClFNO3. The van der Waals surface area contributed by atoms with Crippen LogP contribution in [0, 0.1) is 12.7 Å². The summed E-state index contributed by atoms with van der Waals surface area (Å²) in [5.41, 5.74) is 6.49. The van der Waals surface area contributed by atoms with Gasteiger partial charge >= 0.3 is 5.97 Å². The second-order valence-corrected chi connectivity index (χ2v) is 4.80. The molecule has 0 atom stereocenters. The number of rotatable bonds is 3. The Hall–Kier alpha value is -2.27. The Bertz CT molecular complexity index is 704. The topological polar surface area (TPSA) is 61.5 Å². The molecule has 0 aliphatic heterocycles. The number of carbonyl (C=O) groups is 1. The van der Waals surface area contributed by atoms with Crippen LogP contribution in [-0.2, 0) is 4.74 Å². The van der Waals surface area contributed by atoms with E-state index in [2.05, 4.69) is 4.74 Å². The number of aryl methyl sites for hydroxylation is 1. The molecule has 110 valence electrons. The second-order valence-electron chi connectivity index (χ2n) is 4.40. The third-order valence-electron chi connectivity index (χ3n) is 2.82. The average molecular weight is 310 g/mol. The molecule has 0 bridgehead atoms. The van der Waals surface area contributed by atoms with E-state index in [1.165, 1.54) is 13.2 Å². The minimum atomic E-state index is -0.697. The number of methoxy groups -OCH3 is 1. The number of halogens is 2. The van der Waals surface area contributed by atoms with Crippen molar-refractivity contribution in [3.05, 3.63) is 52.3 Å². The highest BCUT2D eigenvalue weighted by Gasteiger charge is 2.16. The van der Waals surface area contributed by atoms with Gasteiger partial charge in [0.05, 0.1) is 17.7 Å². The number of nitrogen functional groups attached to an aromatic ring is 1. The van der Waals surface area contributed by atoms with Gasteiger partial charge in [-0.25, -0.2) is 9.18 Å². The largest absolute Gasteiger partial charge is 0.465 e. The molecule has 0 spiro atoms. The molecule has 0 amide bonds. The van der Waals surface area contributed by atoms with Gasteiger partial charge in [-0.3, -0.25) is 0 Å². The summed E-state index contributed by atoms with van der Waals surface area (Å²) in [4.78, 5) is 11.6. The predicted octanol–water partition coefficient (Wildman–Crippen LogP) is 3.95. The summed E-state index contributed by atoms with van der Waals surface area (Å²) < 4.78 is 23.9. The number of hydrogen-bond donors (Lipinski definition) is 1. The Morgan fingerprint density at radius 1 is 1.24 bits per heavy atom. The fourth-order valence-corrected chi connectivity index (χ4v) is 1.90. The van der Waals surface area contributed by atoms with Gasteiger partial charge in [0.15, 0.2) is 11.6 Å². The number of esters is 1. The van der Waals surface area contributed by atoms with E-state index in [9.17, 15) is 9.18 Å². The van der Waals surface area contributed by atoms with Crippen molar-refractivity contribution in [3.8, 4) is 11.5 Å². The van der Waals surface area contributed by atoms with Crippen molar-refractivity contribution < 1.29 is 18.7 Å². The Balaban J connectivity index is 2.44. The maximum Gasteiger partial charge on any atom is 0.340 e. The monoisotopic (exact) mass is 309 g/mol. The summed E-state index contributed by atoms with van der Waals surface area (Å²) in [7, 11) is 1.21. The molecular weight excluding hydrogens is 297 g/mol. The van der Waals surface area contributed by atoms with Crippen LogP contribution in [0.3, 0.4) is 0 Å². The average Bonchev–Trinajstić information content (AvgIpc) is 2.44. The molecule has 0 unspecified atom stereocenters. The van der Waals surface area contributed by atoms with Gasteiger partial charge in [0.25, 0.3) is 0 Å². The predicted molar refractivity (Wildman–Crippen MR) is 78.4 cm³/mol. The van der Waals surface area contributed by atoms with Gasteiger partial charge in [-0.05, 0) is 24.6 Å². The SMILES string of the molecule is COC(=O)c1cc(Oc2cc(C)ccc2Cl)c(F)cc1N. The fourth-order valence-electron chi connectivity index (χ4n) is 1.74. The smallest absolute Gasteiger partial charge is 0.340 e. The molecule has 4 nitrogen and oxygen atoms in total. The van der Waals surface area contributed by atoms with Crippen molar-refractivity contribution in [2.24, 2.45) is 0 Å². The molecule has 0 aliphatic rings. The third-order valence-corrected chi connectivity index (χ3v) is 3.13. The van der Waals surface area contributed by atoms with E-state index in [0.717, 1.165) is 11.6 Å². The van der Waals surface area contributed by atoms with Crippen molar-refractivity contribution in [2.45, 2.75) is 6.92 Å². The van der Waals surface area contributed by atoms with Gasteiger partial charge in [-0.1, -0.05) is 17.7 Å². The normalized spacial score (nSPS) is 10.3. The highest BCUT2D eigenvalue weighted by Crippen LogP contribution is 2.33. The van der Waals surface area contributed by atoms with Crippen molar-refractivity contribution >= 4 is 23.3 Å². The maximum atomic E-state index is 13.9. The van der Waals surface area contributed by atoms with E-state index in [1.54, 1.807) is 18.2 Å². The molecule has 2 aromatic rings. The first-order valence-electron chi connectivity index (χ1n) is 6.03. The Morgan fingerprint density at radius 2 is 1.95 bits per heavy atom. The zero-order chi connectivity index (χ0) is 15.6. The molecule has 0 radical (unpaired) electrons. The summed E-state index contributed by atoms with van der Waals surface area (Å²) >= 11 is 6.00. The minimum absolute atomic E-state index is 0.0256. The van der Waals surface area contributed by atoms with Crippen LogP contribution in [0.1, 0.15) is 15.9 Å². The van der Waals surface area contributed by atoms with Crippen molar-refractivity contribution in [1.29, 1.82) is 0 Å². The highest BCUT2D eigenvalue weighted by molar-refractivity contribution is 6.32. The van der Waals surface area contributed by atoms with Crippen molar-refractivity contribution in [1.82, 2.24) is 0 Å². The summed E-state index contributed by atoms with van der Waals surface area (Å²) in [5, 5.41) is 0.330. The van der Waals surface area contributed by atoms with Gasteiger partial charge < -0.3 is 15.2 Å². The van der Waals surface area contributed by atoms with Crippen molar-refractivity contribution in [3.63, 3.8) is 0 Å². The number of hydrogen-bond acceptors (Lipinski definition) is 4. The van der Waals surface area contributed by atoms with Crippen molar-refractivity contribution in [2.75, 3.05) is 12.8 Å². The molecule has 21 heavy (non-hydrogen) atoms. The van der Waals surface area contributed by atoms with Crippen LogP contribution in [0.2, 0.25) is 5.02 Å². The van der Waals surface area contributed by atoms with Crippen LogP contribution in [0.4, 0.5) is 10.1 Å². The summed E-state index contributed by atoms with van der Waals surface area (Å²) in [6.07, 6.45) is 0. The molecule has 0 aromatic heterocycles. The Labute approximate surface area is 126 Å². The lowest BCUT2D eigenvalue weighted by Crippen LogP contribution is -2.07.